The molecule has 1 aromatic rings. The van der Waals surface area contributed by atoms with Gasteiger partial charge in [-0.05, 0) is 25.2 Å². The molecular weight excluding hydrogens is 272 g/mol. The van der Waals surface area contributed by atoms with Crippen LogP contribution in [-0.4, -0.2) is 35.7 Å². The van der Waals surface area contributed by atoms with Gasteiger partial charge in [0.15, 0.2) is 0 Å². The minimum absolute atomic E-state index is 0.159. The van der Waals surface area contributed by atoms with Crippen molar-refractivity contribution in [3.8, 4) is 0 Å². The van der Waals surface area contributed by atoms with Crippen molar-refractivity contribution in [1.29, 1.82) is 0 Å². The molecule has 0 radical (unpaired) electrons. The molecule has 112 valence electrons. The van der Waals surface area contributed by atoms with Crippen LogP contribution < -0.4 is 10.6 Å². The van der Waals surface area contributed by atoms with Crippen molar-refractivity contribution in [3.05, 3.63) is 35.9 Å². The lowest BCUT2D eigenvalue weighted by molar-refractivity contribution is 0.0593. The quantitative estimate of drug-likeness (QED) is 0.724. The number of benzene rings is 1. The molecule has 0 aliphatic rings. The summed E-state index contributed by atoms with van der Waals surface area (Å²) >= 11 is 1.70. The number of carbonyl (C=O) groups excluding carboxylic acids is 1. The summed E-state index contributed by atoms with van der Waals surface area (Å²) in [4.78, 5) is 11.8. The number of carbonyl (C=O) groups is 1. The Morgan fingerprint density at radius 2 is 2.05 bits per heavy atom. The van der Waals surface area contributed by atoms with Gasteiger partial charge in [-0.15, -0.1) is 0 Å². The van der Waals surface area contributed by atoms with Crippen LogP contribution in [0.4, 0.5) is 4.79 Å². The number of thioether (sulfide) groups is 1. The van der Waals surface area contributed by atoms with Crippen LogP contribution in [0.3, 0.4) is 0 Å². The molecule has 2 amide bonds. The Balaban J connectivity index is 2.47. The second-order valence-electron chi connectivity index (χ2n) is 5.03. The van der Waals surface area contributed by atoms with Crippen LogP contribution >= 0.6 is 11.8 Å². The van der Waals surface area contributed by atoms with Gasteiger partial charge in [-0.3, -0.25) is 0 Å². The first-order valence-corrected chi connectivity index (χ1v) is 8.20. The molecule has 20 heavy (non-hydrogen) atoms. The first-order valence-electron chi connectivity index (χ1n) is 6.80. The maximum atomic E-state index is 11.8. The van der Waals surface area contributed by atoms with Gasteiger partial charge in [-0.1, -0.05) is 37.3 Å². The zero-order valence-corrected chi connectivity index (χ0v) is 13.2. The molecule has 1 aromatic carbocycles. The number of hydrogen-bond donors (Lipinski definition) is 3. The van der Waals surface area contributed by atoms with Crippen molar-refractivity contribution >= 4 is 17.8 Å². The van der Waals surface area contributed by atoms with Crippen molar-refractivity contribution in [3.63, 3.8) is 0 Å². The van der Waals surface area contributed by atoms with Crippen LogP contribution in [0.1, 0.15) is 25.8 Å². The molecule has 2 atom stereocenters. The summed E-state index contributed by atoms with van der Waals surface area (Å²) in [7, 11) is 0. The topological polar surface area (TPSA) is 61.4 Å². The predicted octanol–water partition coefficient (Wildman–Crippen LogP) is 2.33. The molecular formula is C15H24N2O2S. The zero-order chi connectivity index (χ0) is 15.0. The van der Waals surface area contributed by atoms with Gasteiger partial charge in [0.2, 0.25) is 0 Å². The van der Waals surface area contributed by atoms with Crippen LogP contribution in [0.2, 0.25) is 0 Å². The van der Waals surface area contributed by atoms with Crippen LogP contribution in [0, 0.1) is 0 Å². The summed E-state index contributed by atoms with van der Waals surface area (Å²) in [5.41, 5.74) is -0.281. The number of nitrogens with one attached hydrogen (secondary N) is 2. The van der Waals surface area contributed by atoms with Crippen molar-refractivity contribution < 1.29 is 9.90 Å². The maximum absolute atomic E-state index is 11.8. The highest BCUT2D eigenvalue weighted by molar-refractivity contribution is 7.98. The second kappa shape index (κ2) is 8.17. The molecule has 4 nitrogen and oxygen atoms in total. The van der Waals surface area contributed by atoms with E-state index in [9.17, 15) is 9.90 Å². The van der Waals surface area contributed by atoms with E-state index in [0.717, 1.165) is 17.7 Å². The van der Waals surface area contributed by atoms with E-state index in [1.807, 2.05) is 43.5 Å². The number of urea groups is 1. The Labute approximate surface area is 125 Å². The molecule has 0 fully saturated rings. The van der Waals surface area contributed by atoms with Gasteiger partial charge in [-0.2, -0.15) is 11.8 Å². The molecule has 0 heterocycles. The fourth-order valence-electron chi connectivity index (χ4n) is 1.85. The molecule has 0 aliphatic carbocycles. The fourth-order valence-corrected chi connectivity index (χ4v) is 2.57. The molecule has 3 N–H and O–H groups in total. The average Bonchev–Trinajstić information content (AvgIpc) is 2.46. The van der Waals surface area contributed by atoms with E-state index in [4.69, 9.17) is 0 Å². The van der Waals surface area contributed by atoms with Gasteiger partial charge in [0, 0.05) is 11.8 Å². The lowest BCUT2D eigenvalue weighted by atomic mass is 9.96. The first kappa shape index (κ1) is 16.9. The van der Waals surface area contributed by atoms with E-state index in [1.165, 1.54) is 0 Å². The van der Waals surface area contributed by atoms with Crippen LogP contribution in [0.25, 0.3) is 0 Å². The molecule has 0 aromatic heterocycles. The van der Waals surface area contributed by atoms with Gasteiger partial charge in [0.05, 0.1) is 6.54 Å². The summed E-state index contributed by atoms with van der Waals surface area (Å²) in [5, 5.41) is 16.0. The van der Waals surface area contributed by atoms with Crippen LogP contribution in [0.15, 0.2) is 30.3 Å². The summed E-state index contributed by atoms with van der Waals surface area (Å²) in [6.07, 6.45) is 2.91. The normalized spacial score (nSPS) is 15.2. The van der Waals surface area contributed by atoms with Crippen LogP contribution in [-0.2, 0) is 5.60 Å². The SMILES string of the molecule is CCC(CSC)NC(=O)NCC(C)(O)c1ccccc1. The van der Waals surface area contributed by atoms with Gasteiger partial charge >= 0.3 is 6.03 Å². The van der Waals surface area contributed by atoms with Crippen molar-refractivity contribution in [1.82, 2.24) is 10.6 Å². The van der Waals surface area contributed by atoms with Gasteiger partial charge in [0.25, 0.3) is 0 Å². The van der Waals surface area contributed by atoms with Gasteiger partial charge in [-0.25, -0.2) is 4.79 Å². The van der Waals surface area contributed by atoms with E-state index >= 15 is 0 Å². The fraction of sp³-hybridized carbons (Fsp3) is 0.533. The highest BCUT2D eigenvalue weighted by atomic mass is 32.2. The third-order valence-corrected chi connectivity index (χ3v) is 3.92. The molecule has 0 spiro atoms. The third-order valence-electron chi connectivity index (χ3n) is 3.18. The van der Waals surface area contributed by atoms with Crippen molar-refractivity contribution in [2.75, 3.05) is 18.6 Å². The standard InChI is InChI=1S/C15H24N2O2S/c1-4-13(10-20-3)17-14(18)16-11-15(2,19)12-8-6-5-7-9-12/h5-9,13,19H,4,10-11H2,1-3H3,(H2,16,17,18). The predicted molar refractivity (Wildman–Crippen MR) is 85.0 cm³/mol. The van der Waals surface area contributed by atoms with Crippen molar-refractivity contribution in [2.24, 2.45) is 0 Å². The lowest BCUT2D eigenvalue weighted by Gasteiger charge is -2.25. The summed E-state index contributed by atoms with van der Waals surface area (Å²) in [5.74, 6) is 0.888. The highest BCUT2D eigenvalue weighted by Gasteiger charge is 2.23. The summed E-state index contributed by atoms with van der Waals surface area (Å²) in [6.45, 7) is 3.92. The molecule has 0 saturated heterocycles. The summed E-state index contributed by atoms with van der Waals surface area (Å²) in [6, 6.07) is 9.26. The smallest absolute Gasteiger partial charge is 0.315 e. The largest absolute Gasteiger partial charge is 0.384 e. The average molecular weight is 296 g/mol. The number of rotatable bonds is 7. The Morgan fingerprint density at radius 3 is 2.60 bits per heavy atom. The second-order valence-corrected chi connectivity index (χ2v) is 5.94. The van der Waals surface area contributed by atoms with E-state index in [2.05, 4.69) is 10.6 Å². The zero-order valence-electron chi connectivity index (χ0n) is 12.3. The Bertz CT molecular complexity index is 410. The minimum Gasteiger partial charge on any atom is -0.384 e. The van der Waals surface area contributed by atoms with Crippen molar-refractivity contribution in [2.45, 2.75) is 31.9 Å². The molecule has 2 unspecified atom stereocenters. The number of hydrogen-bond acceptors (Lipinski definition) is 3. The Kier molecular flexibility index (Phi) is 6.88. The molecule has 0 aliphatic heterocycles. The lowest BCUT2D eigenvalue weighted by Crippen LogP contribution is -2.47. The first-order chi connectivity index (χ1) is 9.49. The maximum Gasteiger partial charge on any atom is 0.315 e. The highest BCUT2D eigenvalue weighted by Crippen LogP contribution is 2.18. The van der Waals surface area contributed by atoms with Crippen LogP contribution in [0.5, 0.6) is 0 Å². The number of aliphatic hydroxyl groups is 1. The number of amides is 2. The van der Waals surface area contributed by atoms with Gasteiger partial charge < -0.3 is 15.7 Å². The third kappa shape index (κ3) is 5.43. The molecule has 0 saturated carbocycles. The van der Waals surface area contributed by atoms with E-state index in [1.54, 1.807) is 18.7 Å². The van der Waals surface area contributed by atoms with Gasteiger partial charge in [0.1, 0.15) is 5.60 Å². The monoisotopic (exact) mass is 296 g/mol. The van der Waals surface area contributed by atoms with E-state index in [0.29, 0.717) is 0 Å². The Hall–Kier alpha value is -1.20. The minimum atomic E-state index is -1.07. The van der Waals surface area contributed by atoms with E-state index in [-0.39, 0.29) is 18.6 Å². The Morgan fingerprint density at radius 1 is 1.40 bits per heavy atom. The summed E-state index contributed by atoms with van der Waals surface area (Å²) < 4.78 is 0. The molecule has 1 rings (SSSR count). The van der Waals surface area contributed by atoms with E-state index < -0.39 is 5.60 Å². The molecule has 0 bridgehead atoms. The molecule has 5 heteroatoms.